The maximum absolute atomic E-state index is 5.63. The van der Waals surface area contributed by atoms with Crippen molar-refractivity contribution in [2.24, 2.45) is 0 Å². The van der Waals surface area contributed by atoms with E-state index in [1.54, 1.807) is 0 Å². The molecule has 0 aromatic heterocycles. The van der Waals surface area contributed by atoms with Gasteiger partial charge in [-0.1, -0.05) is 26.2 Å². The molecule has 0 atom stereocenters. The predicted octanol–water partition coefficient (Wildman–Crippen LogP) is 2.59. The van der Waals surface area contributed by atoms with E-state index in [0.717, 1.165) is 13.0 Å². The number of hydrogen-bond acceptors (Lipinski definition) is 1. The van der Waals surface area contributed by atoms with Crippen LogP contribution in [-0.4, -0.2) is 13.5 Å². The molecule has 0 bridgehead atoms. The van der Waals surface area contributed by atoms with E-state index in [1.165, 1.54) is 31.9 Å². The van der Waals surface area contributed by atoms with Crippen molar-refractivity contribution in [2.45, 2.75) is 45.2 Å². The van der Waals surface area contributed by atoms with Crippen LogP contribution in [0.3, 0.4) is 0 Å². The molecule has 2 heteroatoms. The van der Waals surface area contributed by atoms with Gasteiger partial charge < -0.3 is 4.65 Å². The van der Waals surface area contributed by atoms with Crippen LogP contribution in [0.1, 0.15) is 32.6 Å². The van der Waals surface area contributed by atoms with Crippen LogP contribution < -0.4 is 0 Å². The minimum atomic E-state index is 0.605. The Morgan fingerprint density at radius 1 is 1.20 bits per heavy atom. The highest BCUT2D eigenvalue weighted by atomic mass is 16.4. The van der Waals surface area contributed by atoms with Crippen LogP contribution in [0.2, 0.25) is 12.6 Å². The Morgan fingerprint density at radius 2 is 1.90 bits per heavy atom. The molecule has 1 fully saturated rings. The van der Waals surface area contributed by atoms with Gasteiger partial charge in [-0.2, -0.15) is 0 Å². The highest BCUT2D eigenvalue weighted by Gasteiger charge is 2.17. The molecule has 1 aliphatic heterocycles. The van der Waals surface area contributed by atoms with Crippen LogP contribution in [0, 0.1) is 0 Å². The van der Waals surface area contributed by atoms with Crippen molar-refractivity contribution in [3.63, 3.8) is 0 Å². The first-order valence-electron chi connectivity index (χ1n) is 4.55. The van der Waals surface area contributed by atoms with Crippen molar-refractivity contribution in [3.8, 4) is 0 Å². The van der Waals surface area contributed by atoms with Gasteiger partial charge in [0.25, 0.3) is 6.92 Å². The third kappa shape index (κ3) is 2.74. The van der Waals surface area contributed by atoms with E-state index in [9.17, 15) is 0 Å². The van der Waals surface area contributed by atoms with Crippen molar-refractivity contribution < 1.29 is 4.65 Å². The lowest BCUT2D eigenvalue weighted by atomic mass is 9.56. The van der Waals surface area contributed by atoms with Crippen molar-refractivity contribution in [1.29, 1.82) is 0 Å². The van der Waals surface area contributed by atoms with Gasteiger partial charge >= 0.3 is 0 Å². The fourth-order valence-corrected chi connectivity index (χ4v) is 1.52. The lowest BCUT2D eigenvalue weighted by Gasteiger charge is -2.17. The number of rotatable bonds is 3. The topological polar surface area (TPSA) is 9.23 Å². The molecule has 0 amide bonds. The van der Waals surface area contributed by atoms with Crippen LogP contribution in [0.4, 0.5) is 0 Å². The maximum atomic E-state index is 5.63. The summed E-state index contributed by atoms with van der Waals surface area (Å²) in [5.41, 5.74) is 0. The Hall–Kier alpha value is 0.0249. The first-order valence-corrected chi connectivity index (χ1v) is 4.55. The summed E-state index contributed by atoms with van der Waals surface area (Å²) in [6.45, 7) is 3.74. The Bertz CT molecular complexity index is 79.3. The molecule has 0 aromatic rings. The quantitative estimate of drug-likeness (QED) is 0.547. The third-order valence-electron chi connectivity index (χ3n) is 2.11. The second-order valence-corrected chi connectivity index (χ2v) is 3.13. The molecular formula is C8H17BO. The van der Waals surface area contributed by atoms with E-state index in [4.69, 9.17) is 4.65 Å². The molecule has 0 aromatic carbocycles. The third-order valence-corrected chi connectivity index (χ3v) is 2.11. The van der Waals surface area contributed by atoms with Gasteiger partial charge in [0.2, 0.25) is 0 Å². The summed E-state index contributed by atoms with van der Waals surface area (Å²) in [5.74, 6) is 0. The molecule has 1 rings (SSSR count). The van der Waals surface area contributed by atoms with Gasteiger partial charge in [0.15, 0.2) is 0 Å². The van der Waals surface area contributed by atoms with Crippen molar-refractivity contribution in [3.05, 3.63) is 0 Å². The smallest absolute Gasteiger partial charge is 0.293 e. The first-order chi connectivity index (χ1) is 4.93. The molecule has 1 heterocycles. The SMILES string of the molecule is CCCOB1CCCCC1. The van der Waals surface area contributed by atoms with Gasteiger partial charge in [0.05, 0.1) is 0 Å². The lowest BCUT2D eigenvalue weighted by Crippen LogP contribution is -2.20. The van der Waals surface area contributed by atoms with Gasteiger partial charge in [0.1, 0.15) is 0 Å². The van der Waals surface area contributed by atoms with E-state index in [2.05, 4.69) is 6.92 Å². The molecule has 0 N–H and O–H groups in total. The van der Waals surface area contributed by atoms with Crippen LogP contribution in [-0.2, 0) is 4.65 Å². The lowest BCUT2D eigenvalue weighted by molar-refractivity contribution is 0.311. The van der Waals surface area contributed by atoms with E-state index >= 15 is 0 Å². The van der Waals surface area contributed by atoms with Gasteiger partial charge in [-0.3, -0.25) is 0 Å². The predicted molar refractivity (Wildman–Crippen MR) is 45.5 cm³/mol. The van der Waals surface area contributed by atoms with Gasteiger partial charge in [0, 0.05) is 6.61 Å². The highest BCUT2D eigenvalue weighted by Crippen LogP contribution is 2.19. The summed E-state index contributed by atoms with van der Waals surface area (Å²) in [6.07, 6.45) is 7.96. The molecule has 10 heavy (non-hydrogen) atoms. The van der Waals surface area contributed by atoms with Crippen molar-refractivity contribution in [2.75, 3.05) is 6.61 Å². The molecular weight excluding hydrogens is 123 g/mol. The van der Waals surface area contributed by atoms with E-state index in [-0.39, 0.29) is 0 Å². The normalized spacial score (nSPS) is 19.5. The second kappa shape index (κ2) is 4.78. The van der Waals surface area contributed by atoms with Crippen molar-refractivity contribution >= 4 is 6.92 Å². The molecule has 0 aliphatic carbocycles. The summed E-state index contributed by atoms with van der Waals surface area (Å²) >= 11 is 0. The van der Waals surface area contributed by atoms with Crippen LogP contribution >= 0.6 is 0 Å². The molecule has 58 valence electrons. The molecule has 0 unspecified atom stereocenters. The van der Waals surface area contributed by atoms with Gasteiger partial charge in [-0.05, 0) is 19.1 Å². The van der Waals surface area contributed by atoms with E-state index in [1.807, 2.05) is 0 Å². The minimum Gasteiger partial charge on any atom is -0.436 e. The van der Waals surface area contributed by atoms with Crippen LogP contribution in [0.15, 0.2) is 0 Å². The standard InChI is InChI=1S/C8H17BO/c1-2-8-10-9-6-4-3-5-7-9/h2-8H2,1H3. The van der Waals surface area contributed by atoms with Gasteiger partial charge in [-0.25, -0.2) is 0 Å². The fourth-order valence-electron chi connectivity index (χ4n) is 1.52. The Balaban J connectivity index is 2.02. The summed E-state index contributed by atoms with van der Waals surface area (Å²) in [7, 11) is 0. The zero-order valence-corrected chi connectivity index (χ0v) is 6.94. The summed E-state index contributed by atoms with van der Waals surface area (Å²) in [4.78, 5) is 0. The maximum Gasteiger partial charge on any atom is 0.293 e. The Kier molecular flexibility index (Phi) is 3.88. The molecule has 1 aliphatic rings. The molecule has 0 spiro atoms. The minimum absolute atomic E-state index is 0.605. The Morgan fingerprint density at radius 3 is 2.50 bits per heavy atom. The molecule has 1 nitrogen and oxygen atoms in total. The Labute approximate surface area is 64.3 Å². The fraction of sp³-hybridized carbons (Fsp3) is 1.00. The summed E-state index contributed by atoms with van der Waals surface area (Å²) in [5, 5.41) is 0. The summed E-state index contributed by atoms with van der Waals surface area (Å²) in [6, 6.07) is 0. The van der Waals surface area contributed by atoms with Gasteiger partial charge in [-0.15, -0.1) is 0 Å². The summed E-state index contributed by atoms with van der Waals surface area (Å²) < 4.78 is 5.63. The second-order valence-electron chi connectivity index (χ2n) is 3.13. The molecule has 1 saturated heterocycles. The number of hydrogen-bond donors (Lipinski definition) is 0. The monoisotopic (exact) mass is 140 g/mol. The average Bonchev–Trinajstić information content (AvgIpc) is 2.03. The van der Waals surface area contributed by atoms with E-state index in [0.29, 0.717) is 6.92 Å². The average molecular weight is 140 g/mol. The zero-order chi connectivity index (χ0) is 7.23. The van der Waals surface area contributed by atoms with Crippen LogP contribution in [0.25, 0.3) is 0 Å². The zero-order valence-electron chi connectivity index (χ0n) is 6.94. The van der Waals surface area contributed by atoms with E-state index < -0.39 is 0 Å². The van der Waals surface area contributed by atoms with Crippen molar-refractivity contribution in [1.82, 2.24) is 0 Å². The van der Waals surface area contributed by atoms with Crippen LogP contribution in [0.5, 0.6) is 0 Å². The first kappa shape index (κ1) is 8.12. The molecule has 0 saturated carbocycles. The molecule has 0 radical (unpaired) electrons. The highest BCUT2D eigenvalue weighted by molar-refractivity contribution is 6.52. The largest absolute Gasteiger partial charge is 0.436 e.